The van der Waals surface area contributed by atoms with Crippen molar-refractivity contribution in [3.05, 3.63) is 29.8 Å². The fourth-order valence-electron chi connectivity index (χ4n) is 3.40. The maximum absolute atomic E-state index is 5.52. The molecule has 0 saturated heterocycles. The minimum atomic E-state index is 0.485. The maximum Gasteiger partial charge on any atom is 0.119 e. The van der Waals surface area contributed by atoms with Crippen molar-refractivity contribution in [1.82, 2.24) is 5.32 Å². The lowest BCUT2D eigenvalue weighted by molar-refractivity contribution is 0.230. The second-order valence-corrected chi connectivity index (χ2v) is 5.80. The third-order valence-corrected chi connectivity index (χ3v) is 4.31. The third-order valence-electron chi connectivity index (χ3n) is 4.31. The average molecular weight is 261 g/mol. The van der Waals surface area contributed by atoms with Gasteiger partial charge in [0.1, 0.15) is 5.75 Å². The summed E-state index contributed by atoms with van der Waals surface area (Å²) in [5.41, 5.74) is 1.39. The van der Waals surface area contributed by atoms with E-state index in [-0.39, 0.29) is 0 Å². The highest BCUT2D eigenvalue weighted by Gasteiger charge is 2.26. The molecule has 1 fully saturated rings. The van der Waals surface area contributed by atoms with Crippen molar-refractivity contribution < 1.29 is 4.74 Å². The lowest BCUT2D eigenvalue weighted by atomic mass is 9.77. The van der Waals surface area contributed by atoms with Crippen LogP contribution in [0.1, 0.15) is 51.1 Å². The van der Waals surface area contributed by atoms with Crippen LogP contribution in [0.2, 0.25) is 0 Å². The molecule has 0 aromatic heterocycles. The van der Waals surface area contributed by atoms with E-state index in [0.717, 1.165) is 24.2 Å². The molecule has 1 aliphatic rings. The Labute approximate surface area is 117 Å². The maximum atomic E-state index is 5.52. The molecule has 1 aliphatic carbocycles. The van der Waals surface area contributed by atoms with Gasteiger partial charge in [-0.1, -0.05) is 31.9 Å². The summed E-state index contributed by atoms with van der Waals surface area (Å²) in [5.74, 6) is 2.61. The largest absolute Gasteiger partial charge is 0.494 e. The van der Waals surface area contributed by atoms with Crippen LogP contribution < -0.4 is 10.1 Å². The van der Waals surface area contributed by atoms with Crippen LogP contribution in [-0.4, -0.2) is 13.7 Å². The van der Waals surface area contributed by atoms with Crippen molar-refractivity contribution in [3.63, 3.8) is 0 Å². The molecule has 0 spiro atoms. The van der Waals surface area contributed by atoms with Crippen molar-refractivity contribution in [2.45, 2.75) is 45.6 Å². The smallest absolute Gasteiger partial charge is 0.119 e. The van der Waals surface area contributed by atoms with Crippen LogP contribution in [0.5, 0.6) is 5.75 Å². The highest BCUT2D eigenvalue weighted by molar-refractivity contribution is 5.29. The van der Waals surface area contributed by atoms with Crippen molar-refractivity contribution >= 4 is 0 Å². The van der Waals surface area contributed by atoms with Gasteiger partial charge in [-0.2, -0.15) is 0 Å². The lowest BCUT2D eigenvalue weighted by Gasteiger charge is -2.33. The highest BCUT2D eigenvalue weighted by atomic mass is 16.5. The van der Waals surface area contributed by atoms with E-state index >= 15 is 0 Å². The summed E-state index contributed by atoms with van der Waals surface area (Å²) in [6.07, 6.45) is 5.47. The molecule has 19 heavy (non-hydrogen) atoms. The average Bonchev–Trinajstić information content (AvgIpc) is 2.42. The first-order chi connectivity index (χ1) is 9.24. The van der Waals surface area contributed by atoms with Gasteiger partial charge >= 0.3 is 0 Å². The van der Waals surface area contributed by atoms with Gasteiger partial charge in [0.05, 0.1) is 6.61 Å². The van der Waals surface area contributed by atoms with E-state index in [2.05, 4.69) is 43.6 Å². The van der Waals surface area contributed by atoms with Crippen LogP contribution in [0.25, 0.3) is 0 Å². The molecule has 3 unspecified atom stereocenters. The molecule has 1 aromatic rings. The first-order valence-electron chi connectivity index (χ1n) is 7.64. The standard InChI is InChI=1S/C17H27NO/c1-4-19-16-10-8-14(9-11-16)17(18-3)15-7-5-6-13(2)12-15/h8-11,13,15,17-18H,4-7,12H2,1-3H3. The molecular formula is C17H27NO. The van der Waals surface area contributed by atoms with Gasteiger partial charge in [-0.25, -0.2) is 0 Å². The van der Waals surface area contributed by atoms with Gasteiger partial charge in [0.15, 0.2) is 0 Å². The molecule has 2 nitrogen and oxygen atoms in total. The van der Waals surface area contributed by atoms with Crippen LogP contribution in [0.3, 0.4) is 0 Å². The minimum Gasteiger partial charge on any atom is -0.494 e. The molecule has 1 saturated carbocycles. The molecule has 1 aromatic carbocycles. The Hall–Kier alpha value is -1.02. The van der Waals surface area contributed by atoms with E-state index in [1.807, 2.05) is 6.92 Å². The van der Waals surface area contributed by atoms with Crippen molar-refractivity contribution in [3.8, 4) is 5.75 Å². The van der Waals surface area contributed by atoms with E-state index in [9.17, 15) is 0 Å². The van der Waals surface area contributed by atoms with E-state index in [0.29, 0.717) is 6.04 Å². The van der Waals surface area contributed by atoms with Crippen LogP contribution in [0.15, 0.2) is 24.3 Å². The quantitative estimate of drug-likeness (QED) is 0.859. The van der Waals surface area contributed by atoms with Gasteiger partial charge < -0.3 is 10.1 Å². The summed E-state index contributed by atoms with van der Waals surface area (Å²) in [6.45, 7) is 5.14. The Balaban J connectivity index is 2.07. The molecule has 3 atom stereocenters. The van der Waals surface area contributed by atoms with Crippen LogP contribution in [-0.2, 0) is 0 Å². The fourth-order valence-corrected chi connectivity index (χ4v) is 3.40. The Kier molecular flexibility index (Phi) is 5.26. The molecule has 0 heterocycles. The summed E-state index contributed by atoms with van der Waals surface area (Å²) in [6, 6.07) is 9.10. The first kappa shape index (κ1) is 14.4. The molecule has 1 N–H and O–H groups in total. The minimum absolute atomic E-state index is 0.485. The van der Waals surface area contributed by atoms with Crippen molar-refractivity contribution in [1.29, 1.82) is 0 Å². The zero-order chi connectivity index (χ0) is 13.7. The highest BCUT2D eigenvalue weighted by Crippen LogP contribution is 2.37. The topological polar surface area (TPSA) is 21.3 Å². The second-order valence-electron chi connectivity index (χ2n) is 5.80. The van der Waals surface area contributed by atoms with Gasteiger partial charge in [-0.15, -0.1) is 0 Å². The Bertz CT molecular complexity index is 373. The van der Waals surface area contributed by atoms with E-state index in [1.54, 1.807) is 0 Å². The fraction of sp³-hybridized carbons (Fsp3) is 0.647. The molecular weight excluding hydrogens is 234 g/mol. The molecule has 0 radical (unpaired) electrons. The zero-order valence-electron chi connectivity index (χ0n) is 12.5. The van der Waals surface area contributed by atoms with E-state index in [1.165, 1.54) is 31.2 Å². The van der Waals surface area contributed by atoms with Gasteiger partial charge in [0.2, 0.25) is 0 Å². The van der Waals surface area contributed by atoms with Gasteiger partial charge in [0, 0.05) is 6.04 Å². The number of benzene rings is 1. The molecule has 0 amide bonds. The predicted molar refractivity (Wildman–Crippen MR) is 80.5 cm³/mol. The SMILES string of the molecule is CCOc1ccc(C(NC)C2CCCC(C)C2)cc1. The lowest BCUT2D eigenvalue weighted by Crippen LogP contribution is -2.28. The summed E-state index contributed by atoms with van der Waals surface area (Å²) in [7, 11) is 2.08. The number of rotatable bonds is 5. The Morgan fingerprint density at radius 1 is 1.26 bits per heavy atom. The summed E-state index contributed by atoms with van der Waals surface area (Å²) < 4.78 is 5.52. The molecule has 0 aliphatic heterocycles. The normalized spacial score (nSPS) is 25.0. The Morgan fingerprint density at radius 3 is 2.58 bits per heavy atom. The monoisotopic (exact) mass is 261 g/mol. The van der Waals surface area contributed by atoms with Crippen LogP contribution in [0.4, 0.5) is 0 Å². The van der Waals surface area contributed by atoms with Gasteiger partial charge in [-0.05, 0) is 56.3 Å². The van der Waals surface area contributed by atoms with Crippen molar-refractivity contribution in [2.75, 3.05) is 13.7 Å². The van der Waals surface area contributed by atoms with Crippen molar-refractivity contribution in [2.24, 2.45) is 11.8 Å². The van der Waals surface area contributed by atoms with E-state index < -0.39 is 0 Å². The van der Waals surface area contributed by atoms with Gasteiger partial charge in [0.25, 0.3) is 0 Å². The molecule has 2 rings (SSSR count). The summed E-state index contributed by atoms with van der Waals surface area (Å²) in [5, 5.41) is 3.52. The molecule has 106 valence electrons. The second kappa shape index (κ2) is 6.95. The zero-order valence-corrected chi connectivity index (χ0v) is 12.5. The van der Waals surface area contributed by atoms with Crippen LogP contribution in [0, 0.1) is 11.8 Å². The number of hydrogen-bond acceptors (Lipinski definition) is 2. The Morgan fingerprint density at radius 2 is 2.00 bits per heavy atom. The number of ether oxygens (including phenoxy) is 1. The first-order valence-corrected chi connectivity index (χ1v) is 7.64. The third kappa shape index (κ3) is 3.73. The number of nitrogens with one attached hydrogen (secondary N) is 1. The molecule has 0 bridgehead atoms. The van der Waals surface area contributed by atoms with Crippen LogP contribution >= 0.6 is 0 Å². The molecule has 2 heteroatoms. The number of hydrogen-bond donors (Lipinski definition) is 1. The van der Waals surface area contributed by atoms with E-state index in [4.69, 9.17) is 4.74 Å². The summed E-state index contributed by atoms with van der Waals surface area (Å²) >= 11 is 0. The predicted octanol–water partition coefficient (Wildman–Crippen LogP) is 4.17. The van der Waals surface area contributed by atoms with Gasteiger partial charge in [-0.3, -0.25) is 0 Å². The summed E-state index contributed by atoms with van der Waals surface area (Å²) in [4.78, 5) is 0.